The van der Waals surface area contributed by atoms with Gasteiger partial charge in [-0.3, -0.25) is 19.8 Å². The Balaban J connectivity index is 1.56. The molecule has 142 valence electrons. The van der Waals surface area contributed by atoms with Crippen molar-refractivity contribution in [2.75, 3.05) is 0 Å². The molecule has 4 heterocycles. The lowest BCUT2D eigenvalue weighted by Gasteiger charge is -2.03. The third-order valence-electron chi connectivity index (χ3n) is 4.33. The van der Waals surface area contributed by atoms with E-state index in [2.05, 4.69) is 25.4 Å². The summed E-state index contributed by atoms with van der Waals surface area (Å²) in [5.41, 5.74) is 2.80. The van der Waals surface area contributed by atoms with Gasteiger partial charge in [-0.2, -0.15) is 14.7 Å². The van der Waals surface area contributed by atoms with Crippen LogP contribution < -0.4 is 0 Å². The summed E-state index contributed by atoms with van der Waals surface area (Å²) < 4.78 is 3.36. The number of hydrogen-bond acceptors (Lipinski definition) is 8. The van der Waals surface area contributed by atoms with Crippen LogP contribution in [-0.2, 0) is 7.05 Å². The number of hydrogen-bond donors (Lipinski definition) is 0. The predicted octanol–water partition coefficient (Wildman–Crippen LogP) is 3.13. The van der Waals surface area contributed by atoms with E-state index in [1.807, 2.05) is 31.4 Å². The van der Waals surface area contributed by atoms with Gasteiger partial charge in [-0.05, 0) is 42.1 Å². The Labute approximate surface area is 167 Å². The molecule has 1 aromatic carbocycles. The molecule has 29 heavy (non-hydrogen) atoms. The van der Waals surface area contributed by atoms with Crippen molar-refractivity contribution in [3.05, 3.63) is 65.1 Å². The fourth-order valence-corrected chi connectivity index (χ4v) is 3.81. The molecule has 0 bridgehead atoms. The van der Waals surface area contributed by atoms with Crippen molar-refractivity contribution >= 4 is 34.0 Å². The summed E-state index contributed by atoms with van der Waals surface area (Å²) in [6.45, 7) is 0. The van der Waals surface area contributed by atoms with E-state index in [4.69, 9.17) is 0 Å². The third-order valence-corrected chi connectivity index (χ3v) is 5.26. The van der Waals surface area contributed by atoms with Crippen molar-refractivity contribution in [1.82, 2.24) is 34.6 Å². The van der Waals surface area contributed by atoms with Crippen LogP contribution in [0.15, 0.2) is 65.0 Å². The van der Waals surface area contributed by atoms with Crippen LogP contribution in [0.25, 0.3) is 27.8 Å². The second-order valence-electron chi connectivity index (χ2n) is 6.24. The standard InChI is InChI=1S/C18H12N8O2S/c1-24-10-11(9-20-24)14-4-5-17-21-22-18(25(17)23-14)29-12-2-3-15-13(8-12)16(26(27)28)6-7-19-15/h2-10H,1H3. The summed E-state index contributed by atoms with van der Waals surface area (Å²) in [4.78, 5) is 15.9. The van der Waals surface area contributed by atoms with Gasteiger partial charge in [0.1, 0.15) is 0 Å². The first-order chi connectivity index (χ1) is 14.1. The summed E-state index contributed by atoms with van der Waals surface area (Å²) in [6.07, 6.45) is 5.05. The van der Waals surface area contributed by atoms with E-state index < -0.39 is 4.92 Å². The highest BCUT2D eigenvalue weighted by molar-refractivity contribution is 7.99. The maximum Gasteiger partial charge on any atom is 0.280 e. The quantitative estimate of drug-likeness (QED) is 0.331. The van der Waals surface area contributed by atoms with E-state index in [1.54, 1.807) is 27.5 Å². The summed E-state index contributed by atoms with van der Waals surface area (Å²) in [5, 5.41) is 29.5. The molecule has 0 fully saturated rings. The zero-order valence-electron chi connectivity index (χ0n) is 15.0. The van der Waals surface area contributed by atoms with Gasteiger partial charge in [0.05, 0.1) is 27.7 Å². The zero-order valence-corrected chi connectivity index (χ0v) is 15.8. The van der Waals surface area contributed by atoms with Crippen LogP contribution in [0.5, 0.6) is 0 Å². The summed E-state index contributed by atoms with van der Waals surface area (Å²) in [6, 6.07) is 10.4. The molecular formula is C18H12N8O2S. The van der Waals surface area contributed by atoms with Gasteiger partial charge in [-0.1, -0.05) is 0 Å². The largest absolute Gasteiger partial charge is 0.280 e. The Morgan fingerprint density at radius 3 is 2.83 bits per heavy atom. The lowest BCUT2D eigenvalue weighted by atomic mass is 10.2. The first kappa shape index (κ1) is 17.3. The van der Waals surface area contributed by atoms with Gasteiger partial charge >= 0.3 is 0 Å². The lowest BCUT2D eigenvalue weighted by Crippen LogP contribution is -1.96. The third kappa shape index (κ3) is 3.06. The van der Waals surface area contributed by atoms with Crippen molar-refractivity contribution in [3.63, 3.8) is 0 Å². The topological polar surface area (TPSA) is 117 Å². The van der Waals surface area contributed by atoms with Crippen molar-refractivity contribution in [1.29, 1.82) is 0 Å². The molecule has 0 spiro atoms. The Kier molecular flexibility index (Phi) is 3.95. The lowest BCUT2D eigenvalue weighted by molar-refractivity contribution is -0.383. The molecule has 0 amide bonds. The van der Waals surface area contributed by atoms with Crippen LogP contribution in [0.1, 0.15) is 0 Å². The van der Waals surface area contributed by atoms with Crippen LogP contribution in [-0.4, -0.2) is 39.5 Å². The monoisotopic (exact) mass is 404 g/mol. The molecule has 0 aliphatic carbocycles. The average Bonchev–Trinajstić information content (AvgIpc) is 3.33. The summed E-state index contributed by atoms with van der Waals surface area (Å²) in [7, 11) is 1.84. The Bertz CT molecular complexity index is 1390. The van der Waals surface area contributed by atoms with Crippen molar-refractivity contribution in [2.24, 2.45) is 7.05 Å². The Morgan fingerprint density at radius 1 is 1.14 bits per heavy atom. The zero-order chi connectivity index (χ0) is 20.0. The summed E-state index contributed by atoms with van der Waals surface area (Å²) >= 11 is 1.32. The Morgan fingerprint density at radius 2 is 2.03 bits per heavy atom. The molecule has 0 unspecified atom stereocenters. The first-order valence-electron chi connectivity index (χ1n) is 8.51. The molecule has 0 aliphatic rings. The smallest absolute Gasteiger partial charge is 0.275 e. The van der Waals surface area contributed by atoms with Gasteiger partial charge in [0.25, 0.3) is 5.69 Å². The minimum absolute atomic E-state index is 0.0144. The number of nitrogens with zero attached hydrogens (tertiary/aromatic N) is 8. The van der Waals surface area contributed by atoms with Gasteiger partial charge in [-0.25, -0.2) is 0 Å². The number of benzene rings is 1. The van der Waals surface area contributed by atoms with Gasteiger partial charge in [-0.15, -0.1) is 10.2 Å². The molecular weight excluding hydrogens is 392 g/mol. The highest BCUT2D eigenvalue weighted by atomic mass is 32.2. The SMILES string of the molecule is Cn1cc(-c2ccc3nnc(Sc4ccc5nccc([N+](=O)[O-])c5c4)n3n2)cn1. The fraction of sp³-hybridized carbons (Fsp3) is 0.0556. The van der Waals surface area contributed by atoms with E-state index in [9.17, 15) is 10.1 Å². The molecule has 0 saturated heterocycles. The van der Waals surface area contributed by atoms with Crippen molar-refractivity contribution in [3.8, 4) is 11.3 Å². The molecule has 0 atom stereocenters. The van der Waals surface area contributed by atoms with E-state index >= 15 is 0 Å². The van der Waals surface area contributed by atoms with E-state index in [0.29, 0.717) is 21.7 Å². The fourth-order valence-electron chi connectivity index (χ4n) is 2.98. The van der Waals surface area contributed by atoms with Crippen molar-refractivity contribution < 1.29 is 4.92 Å². The molecule has 0 radical (unpaired) electrons. The summed E-state index contributed by atoms with van der Waals surface area (Å²) in [5.74, 6) is 0. The van der Waals surface area contributed by atoms with E-state index in [-0.39, 0.29) is 5.69 Å². The number of rotatable bonds is 4. The van der Waals surface area contributed by atoms with Gasteiger partial charge in [0.2, 0.25) is 5.16 Å². The van der Waals surface area contributed by atoms with Crippen LogP contribution in [0, 0.1) is 10.1 Å². The molecule has 5 aromatic rings. The molecule has 4 aromatic heterocycles. The number of aryl methyl sites for hydroxylation is 1. The molecule has 11 heteroatoms. The maximum atomic E-state index is 11.3. The second-order valence-corrected chi connectivity index (χ2v) is 7.28. The molecule has 0 N–H and O–H groups in total. The number of aromatic nitrogens is 7. The normalized spacial score (nSPS) is 11.3. The number of pyridine rings is 1. The van der Waals surface area contributed by atoms with Crippen LogP contribution in [0.2, 0.25) is 0 Å². The van der Waals surface area contributed by atoms with Crippen LogP contribution in [0.4, 0.5) is 5.69 Å². The average molecular weight is 404 g/mol. The molecule has 10 nitrogen and oxygen atoms in total. The minimum atomic E-state index is -0.410. The Hall–Kier alpha value is -3.86. The van der Waals surface area contributed by atoms with Crippen LogP contribution in [0.3, 0.4) is 0 Å². The highest BCUT2D eigenvalue weighted by Gasteiger charge is 2.15. The van der Waals surface area contributed by atoms with E-state index in [0.717, 1.165) is 16.2 Å². The van der Waals surface area contributed by atoms with Crippen LogP contribution >= 0.6 is 11.8 Å². The predicted molar refractivity (Wildman–Crippen MR) is 106 cm³/mol. The van der Waals surface area contributed by atoms with Gasteiger partial charge in [0, 0.05) is 36.0 Å². The molecule has 5 rings (SSSR count). The highest BCUT2D eigenvalue weighted by Crippen LogP contribution is 2.32. The molecule has 0 aliphatic heterocycles. The maximum absolute atomic E-state index is 11.3. The van der Waals surface area contributed by atoms with E-state index in [1.165, 1.54) is 24.0 Å². The minimum Gasteiger partial charge on any atom is -0.275 e. The molecule has 0 saturated carbocycles. The van der Waals surface area contributed by atoms with Gasteiger partial charge in [0.15, 0.2) is 5.65 Å². The first-order valence-corrected chi connectivity index (χ1v) is 9.33. The van der Waals surface area contributed by atoms with Gasteiger partial charge < -0.3 is 0 Å². The second kappa shape index (κ2) is 6.63. The number of nitro groups is 1. The number of fused-ring (bicyclic) bond motifs is 2. The van der Waals surface area contributed by atoms with Crippen molar-refractivity contribution in [2.45, 2.75) is 10.1 Å².